The summed E-state index contributed by atoms with van der Waals surface area (Å²) in [6, 6.07) is 19.5. The molecule has 0 aliphatic heterocycles. The highest BCUT2D eigenvalue weighted by atomic mass is 79.9. The molecule has 0 radical (unpaired) electrons. The highest BCUT2D eigenvalue weighted by Gasteiger charge is 2.27. The Morgan fingerprint density at radius 3 is 2.37 bits per heavy atom. The van der Waals surface area contributed by atoms with Crippen LogP contribution in [0, 0.1) is 12.7 Å². The maximum Gasteiger partial charge on any atom is 0.264 e. The molecule has 43 heavy (non-hydrogen) atoms. The van der Waals surface area contributed by atoms with Gasteiger partial charge in [0.15, 0.2) is 11.5 Å². The zero-order chi connectivity index (χ0) is 31.1. The summed E-state index contributed by atoms with van der Waals surface area (Å²) in [5.74, 6) is -0.440. The Morgan fingerprint density at radius 2 is 1.72 bits per heavy atom. The third-order valence-electron chi connectivity index (χ3n) is 6.03. The number of nitrogens with one attached hydrogen (secondary N) is 1. The van der Waals surface area contributed by atoms with Crippen LogP contribution in [0.3, 0.4) is 0 Å². The fourth-order valence-electron chi connectivity index (χ4n) is 3.84. The molecule has 224 valence electrons. The number of rotatable bonds is 11. The second-order valence-electron chi connectivity index (χ2n) is 9.17. The molecule has 0 spiro atoms. The summed E-state index contributed by atoms with van der Waals surface area (Å²) >= 11 is 15.5. The largest absolute Gasteiger partial charge is 0.493 e. The molecule has 0 aromatic heterocycles. The number of benzene rings is 4. The maximum atomic E-state index is 13.4. The van der Waals surface area contributed by atoms with Crippen LogP contribution in [0.1, 0.15) is 16.7 Å². The number of methoxy groups -OCH3 is 1. The van der Waals surface area contributed by atoms with Crippen molar-refractivity contribution in [3.63, 3.8) is 0 Å². The number of halogens is 4. The number of anilines is 1. The lowest BCUT2D eigenvalue weighted by atomic mass is 10.2. The number of ether oxygens (including phenoxy) is 2. The number of amides is 1. The third kappa shape index (κ3) is 8.26. The van der Waals surface area contributed by atoms with Gasteiger partial charge in [0.2, 0.25) is 0 Å². The second kappa shape index (κ2) is 14.2. The predicted molar refractivity (Wildman–Crippen MR) is 169 cm³/mol. The van der Waals surface area contributed by atoms with Gasteiger partial charge in [-0.25, -0.2) is 18.2 Å². The number of hydrogen-bond donors (Lipinski definition) is 1. The number of hydrazone groups is 1. The quantitative estimate of drug-likeness (QED) is 0.132. The van der Waals surface area contributed by atoms with E-state index in [1.54, 1.807) is 54.6 Å². The van der Waals surface area contributed by atoms with Crippen LogP contribution in [0.2, 0.25) is 10.0 Å². The van der Waals surface area contributed by atoms with Gasteiger partial charge in [-0.3, -0.25) is 9.10 Å². The van der Waals surface area contributed by atoms with E-state index in [0.29, 0.717) is 31.6 Å². The van der Waals surface area contributed by atoms with Crippen molar-refractivity contribution in [2.75, 3.05) is 18.0 Å². The van der Waals surface area contributed by atoms with Crippen molar-refractivity contribution in [2.24, 2.45) is 5.10 Å². The van der Waals surface area contributed by atoms with Crippen molar-refractivity contribution in [3.8, 4) is 11.5 Å². The first-order valence-electron chi connectivity index (χ1n) is 12.6. The van der Waals surface area contributed by atoms with Gasteiger partial charge >= 0.3 is 0 Å². The SMILES string of the molecule is COc1cc(/C=N\NC(=O)CN(c2ccc(C)cc2)S(=O)(=O)c2ccc(F)cc2)cc(Br)c1OCc1ccc(Cl)c(Cl)c1. The van der Waals surface area contributed by atoms with Crippen LogP contribution in [0.4, 0.5) is 10.1 Å². The van der Waals surface area contributed by atoms with Gasteiger partial charge in [-0.2, -0.15) is 5.10 Å². The van der Waals surface area contributed by atoms with E-state index in [4.69, 9.17) is 32.7 Å². The molecule has 0 aliphatic rings. The molecule has 4 aromatic carbocycles. The third-order valence-corrected chi connectivity index (χ3v) is 9.15. The summed E-state index contributed by atoms with van der Waals surface area (Å²) in [5, 5.41) is 4.84. The van der Waals surface area contributed by atoms with E-state index in [-0.39, 0.29) is 17.2 Å². The molecular weight excluding hydrogens is 684 g/mol. The van der Waals surface area contributed by atoms with E-state index in [1.807, 2.05) is 6.92 Å². The van der Waals surface area contributed by atoms with E-state index < -0.39 is 28.3 Å². The Morgan fingerprint density at radius 1 is 1.02 bits per heavy atom. The standard InChI is InChI=1S/C30H25BrCl2FN3O5S/c1-19-3-8-23(9-4-19)37(43(39,40)24-10-6-22(34)7-11-24)17-29(38)36-35-16-21-13-25(31)30(28(15-21)41-2)42-18-20-5-12-26(32)27(33)14-20/h3-16H,17-18H2,1-2H3,(H,36,38)/b35-16-. The van der Waals surface area contributed by atoms with Gasteiger partial charge in [0.25, 0.3) is 15.9 Å². The number of hydrogen-bond acceptors (Lipinski definition) is 6. The van der Waals surface area contributed by atoms with Crippen LogP contribution in [-0.4, -0.2) is 34.2 Å². The van der Waals surface area contributed by atoms with E-state index >= 15 is 0 Å². The number of sulfonamides is 1. The van der Waals surface area contributed by atoms with Crippen LogP contribution in [0.25, 0.3) is 0 Å². The Balaban J connectivity index is 1.48. The average Bonchev–Trinajstić information content (AvgIpc) is 2.97. The van der Waals surface area contributed by atoms with Gasteiger partial charge in [0.05, 0.1) is 38.4 Å². The number of carbonyl (C=O) groups excluding carboxylic acids is 1. The lowest BCUT2D eigenvalue weighted by Crippen LogP contribution is -2.39. The predicted octanol–water partition coefficient (Wildman–Crippen LogP) is 7.14. The van der Waals surface area contributed by atoms with Gasteiger partial charge < -0.3 is 9.47 Å². The lowest BCUT2D eigenvalue weighted by molar-refractivity contribution is -0.119. The zero-order valence-corrected chi connectivity index (χ0v) is 26.8. The van der Waals surface area contributed by atoms with Crippen molar-refractivity contribution >= 4 is 67.0 Å². The minimum atomic E-state index is -4.20. The molecule has 0 heterocycles. The highest BCUT2D eigenvalue weighted by molar-refractivity contribution is 9.10. The summed E-state index contributed by atoms with van der Waals surface area (Å²) in [6.07, 6.45) is 1.37. The summed E-state index contributed by atoms with van der Waals surface area (Å²) < 4.78 is 53.2. The summed E-state index contributed by atoms with van der Waals surface area (Å²) in [5.41, 5.74) is 4.89. The summed E-state index contributed by atoms with van der Waals surface area (Å²) in [7, 11) is -2.72. The Bertz CT molecular complexity index is 1760. The molecule has 0 unspecified atom stereocenters. The van der Waals surface area contributed by atoms with Gasteiger partial charge in [-0.15, -0.1) is 0 Å². The van der Waals surface area contributed by atoms with Crippen molar-refractivity contribution in [3.05, 3.63) is 116 Å². The van der Waals surface area contributed by atoms with Crippen LogP contribution in [0.15, 0.2) is 93.3 Å². The molecule has 0 bridgehead atoms. The summed E-state index contributed by atoms with van der Waals surface area (Å²) in [4.78, 5) is 12.7. The van der Waals surface area contributed by atoms with Gasteiger partial charge in [-0.05, 0) is 94.6 Å². The Kier molecular flexibility index (Phi) is 10.7. The van der Waals surface area contributed by atoms with E-state index in [2.05, 4.69) is 26.5 Å². The first kappa shape index (κ1) is 32.3. The van der Waals surface area contributed by atoms with E-state index in [9.17, 15) is 17.6 Å². The Labute approximate surface area is 267 Å². The topological polar surface area (TPSA) is 97.3 Å². The normalized spacial score (nSPS) is 11.4. The number of nitrogens with zero attached hydrogens (tertiary/aromatic N) is 2. The monoisotopic (exact) mass is 707 g/mol. The number of aryl methyl sites for hydroxylation is 1. The van der Waals surface area contributed by atoms with Crippen LogP contribution in [0.5, 0.6) is 11.5 Å². The fraction of sp³-hybridized carbons (Fsp3) is 0.133. The smallest absolute Gasteiger partial charge is 0.264 e. The van der Waals surface area contributed by atoms with Gasteiger partial charge in [0.1, 0.15) is 19.0 Å². The maximum absolute atomic E-state index is 13.4. The van der Waals surface area contributed by atoms with Gasteiger partial charge in [-0.1, -0.05) is 47.0 Å². The molecule has 0 fully saturated rings. The first-order chi connectivity index (χ1) is 20.5. The molecule has 0 saturated carbocycles. The molecule has 0 aliphatic carbocycles. The zero-order valence-electron chi connectivity index (χ0n) is 22.9. The molecule has 1 amide bonds. The average molecular weight is 709 g/mol. The Hall–Kier alpha value is -3.64. The minimum absolute atomic E-state index is 0.163. The fourth-order valence-corrected chi connectivity index (χ4v) is 6.16. The molecule has 0 saturated heterocycles. The van der Waals surface area contributed by atoms with E-state index in [1.165, 1.54) is 13.3 Å². The molecule has 4 aromatic rings. The molecular formula is C30H25BrCl2FN3O5S. The number of carbonyl (C=O) groups is 1. The lowest BCUT2D eigenvalue weighted by Gasteiger charge is -2.23. The van der Waals surface area contributed by atoms with Crippen molar-refractivity contribution in [1.29, 1.82) is 0 Å². The van der Waals surface area contributed by atoms with Crippen LogP contribution >= 0.6 is 39.1 Å². The first-order valence-corrected chi connectivity index (χ1v) is 15.6. The second-order valence-corrected chi connectivity index (χ2v) is 12.7. The molecule has 1 N–H and O–H groups in total. The molecule has 13 heteroatoms. The van der Waals surface area contributed by atoms with Gasteiger partial charge in [0, 0.05) is 0 Å². The summed E-state index contributed by atoms with van der Waals surface area (Å²) in [6.45, 7) is 1.48. The van der Waals surface area contributed by atoms with Crippen LogP contribution < -0.4 is 19.2 Å². The molecule has 0 atom stereocenters. The van der Waals surface area contributed by atoms with Crippen molar-refractivity contribution < 1.29 is 27.1 Å². The van der Waals surface area contributed by atoms with Crippen LogP contribution in [-0.2, 0) is 21.4 Å². The van der Waals surface area contributed by atoms with Crippen molar-refractivity contribution in [1.82, 2.24) is 5.43 Å². The molecule has 8 nitrogen and oxygen atoms in total. The minimum Gasteiger partial charge on any atom is -0.493 e. The van der Waals surface area contributed by atoms with E-state index in [0.717, 1.165) is 39.7 Å². The highest BCUT2D eigenvalue weighted by Crippen LogP contribution is 2.37. The molecule has 4 rings (SSSR count). The van der Waals surface area contributed by atoms with Crippen molar-refractivity contribution in [2.45, 2.75) is 18.4 Å².